The molecule has 1 unspecified atom stereocenters. The Bertz CT molecular complexity index is 1130. The van der Waals surface area contributed by atoms with Crippen LogP contribution >= 0.6 is 0 Å². The minimum absolute atomic E-state index is 0.242. The number of carbonyl (C=O) groups excluding carboxylic acids is 1. The SMILES string of the molecule is CCC(CCNc1ccc(NC(=O)c2ccc(OCc3ccc(C#N)cc3)c(OC)c2)cc1)OC. The summed E-state index contributed by atoms with van der Waals surface area (Å²) in [7, 11) is 3.27. The van der Waals surface area contributed by atoms with E-state index >= 15 is 0 Å². The molecule has 2 N–H and O–H groups in total. The number of nitrogens with zero attached hydrogens (tertiary/aromatic N) is 1. The summed E-state index contributed by atoms with van der Waals surface area (Å²) in [5.74, 6) is 0.753. The maximum Gasteiger partial charge on any atom is 0.255 e. The van der Waals surface area contributed by atoms with Gasteiger partial charge in [0.2, 0.25) is 0 Å². The molecule has 0 bridgehead atoms. The molecule has 7 nitrogen and oxygen atoms in total. The van der Waals surface area contributed by atoms with Crippen LogP contribution in [0.15, 0.2) is 66.7 Å². The molecule has 0 aromatic heterocycles. The Balaban J connectivity index is 1.56. The number of hydrogen-bond acceptors (Lipinski definition) is 6. The molecule has 0 fully saturated rings. The predicted molar refractivity (Wildman–Crippen MR) is 137 cm³/mol. The fourth-order valence-electron chi connectivity index (χ4n) is 3.51. The second-order valence-electron chi connectivity index (χ2n) is 7.98. The van der Waals surface area contributed by atoms with E-state index in [1.165, 1.54) is 7.11 Å². The largest absolute Gasteiger partial charge is 0.493 e. The highest BCUT2D eigenvalue weighted by molar-refractivity contribution is 6.04. The van der Waals surface area contributed by atoms with Crippen molar-refractivity contribution in [2.45, 2.75) is 32.5 Å². The molecular weight excluding hydrogens is 442 g/mol. The van der Waals surface area contributed by atoms with Gasteiger partial charge in [-0.3, -0.25) is 4.79 Å². The third-order valence-electron chi connectivity index (χ3n) is 5.63. The van der Waals surface area contributed by atoms with Gasteiger partial charge < -0.3 is 24.8 Å². The highest BCUT2D eigenvalue weighted by Crippen LogP contribution is 2.29. The normalized spacial score (nSPS) is 11.3. The predicted octanol–water partition coefficient (Wildman–Crippen LogP) is 5.63. The second kappa shape index (κ2) is 13.0. The first-order valence-electron chi connectivity index (χ1n) is 11.5. The van der Waals surface area contributed by atoms with E-state index in [0.717, 1.165) is 30.6 Å². The first-order valence-corrected chi connectivity index (χ1v) is 11.5. The second-order valence-corrected chi connectivity index (χ2v) is 7.98. The third kappa shape index (κ3) is 7.49. The fraction of sp³-hybridized carbons (Fsp3) is 0.286. The van der Waals surface area contributed by atoms with E-state index in [2.05, 4.69) is 23.6 Å². The van der Waals surface area contributed by atoms with Crippen LogP contribution in [0.1, 0.15) is 41.3 Å². The number of nitriles is 1. The number of rotatable bonds is 12. The van der Waals surface area contributed by atoms with Gasteiger partial charge >= 0.3 is 0 Å². The van der Waals surface area contributed by atoms with E-state index in [-0.39, 0.29) is 12.0 Å². The minimum Gasteiger partial charge on any atom is -0.493 e. The molecule has 0 aliphatic carbocycles. The fourth-order valence-corrected chi connectivity index (χ4v) is 3.51. The summed E-state index contributed by atoms with van der Waals surface area (Å²) in [4.78, 5) is 12.8. The van der Waals surface area contributed by atoms with Crippen LogP contribution in [0.2, 0.25) is 0 Å². The molecule has 1 amide bonds. The maximum atomic E-state index is 12.8. The van der Waals surface area contributed by atoms with Gasteiger partial charge in [0, 0.05) is 30.6 Å². The van der Waals surface area contributed by atoms with Crippen LogP contribution in [0, 0.1) is 11.3 Å². The number of amides is 1. The summed E-state index contributed by atoms with van der Waals surface area (Å²) in [6.45, 7) is 3.25. The molecule has 1 atom stereocenters. The van der Waals surface area contributed by atoms with Crippen molar-refractivity contribution in [2.24, 2.45) is 0 Å². The van der Waals surface area contributed by atoms with E-state index in [4.69, 9.17) is 19.5 Å². The Kier molecular flexibility index (Phi) is 9.52. The van der Waals surface area contributed by atoms with Gasteiger partial charge in [-0.05, 0) is 73.0 Å². The summed E-state index contributed by atoms with van der Waals surface area (Å²) in [6.07, 6.45) is 2.17. The Morgan fingerprint density at radius 1 is 0.971 bits per heavy atom. The van der Waals surface area contributed by atoms with Gasteiger partial charge in [0.1, 0.15) is 6.61 Å². The first-order chi connectivity index (χ1) is 17.1. The molecule has 3 aromatic rings. The lowest BCUT2D eigenvalue weighted by Crippen LogP contribution is -2.15. The van der Waals surface area contributed by atoms with E-state index < -0.39 is 0 Å². The molecule has 0 aliphatic rings. The zero-order chi connectivity index (χ0) is 25.0. The highest BCUT2D eigenvalue weighted by atomic mass is 16.5. The maximum absolute atomic E-state index is 12.8. The lowest BCUT2D eigenvalue weighted by atomic mass is 10.1. The number of anilines is 2. The number of nitrogens with one attached hydrogen (secondary N) is 2. The molecule has 35 heavy (non-hydrogen) atoms. The number of carbonyl (C=O) groups is 1. The van der Waals surface area contributed by atoms with Gasteiger partial charge in [0.25, 0.3) is 5.91 Å². The van der Waals surface area contributed by atoms with Crippen molar-refractivity contribution in [2.75, 3.05) is 31.4 Å². The van der Waals surface area contributed by atoms with Gasteiger partial charge in [-0.15, -0.1) is 0 Å². The number of benzene rings is 3. The van der Waals surface area contributed by atoms with Crippen molar-refractivity contribution in [3.63, 3.8) is 0 Å². The molecule has 0 heterocycles. The van der Waals surface area contributed by atoms with Crippen LogP contribution in [-0.2, 0) is 11.3 Å². The average Bonchev–Trinajstić information content (AvgIpc) is 2.91. The van der Waals surface area contributed by atoms with Crippen LogP contribution in [0.4, 0.5) is 11.4 Å². The molecular formula is C28H31N3O4. The Morgan fingerprint density at radius 2 is 1.69 bits per heavy atom. The van der Waals surface area contributed by atoms with Crippen molar-refractivity contribution >= 4 is 17.3 Å². The van der Waals surface area contributed by atoms with E-state index in [0.29, 0.717) is 34.9 Å². The van der Waals surface area contributed by atoms with Crippen molar-refractivity contribution in [1.82, 2.24) is 0 Å². The summed E-state index contributed by atoms with van der Waals surface area (Å²) >= 11 is 0. The zero-order valence-electron chi connectivity index (χ0n) is 20.3. The van der Waals surface area contributed by atoms with Crippen LogP contribution in [0.3, 0.4) is 0 Å². The monoisotopic (exact) mass is 473 g/mol. The first kappa shape index (κ1) is 25.6. The van der Waals surface area contributed by atoms with E-state index in [9.17, 15) is 4.79 Å². The van der Waals surface area contributed by atoms with E-state index in [1.54, 1.807) is 37.4 Å². The number of ether oxygens (including phenoxy) is 3. The topological polar surface area (TPSA) is 92.6 Å². The Hall–Kier alpha value is -4.02. The lowest BCUT2D eigenvalue weighted by molar-refractivity contribution is 0.0951. The average molecular weight is 474 g/mol. The summed E-state index contributed by atoms with van der Waals surface area (Å²) in [5.41, 5.74) is 3.66. The standard InChI is InChI=1S/C28H31N3O4/c1-4-25(33-2)15-16-30-23-10-12-24(13-11-23)31-28(32)22-9-14-26(27(17-22)34-3)35-19-21-7-5-20(18-29)6-8-21/h5-14,17,25,30H,4,15-16,19H2,1-3H3,(H,31,32). The molecule has 0 radical (unpaired) electrons. The van der Waals surface area contributed by atoms with E-state index in [1.807, 2.05) is 36.4 Å². The third-order valence-corrected chi connectivity index (χ3v) is 5.63. The Morgan fingerprint density at radius 3 is 2.31 bits per heavy atom. The van der Waals surface area contributed by atoms with Gasteiger partial charge in [-0.25, -0.2) is 0 Å². The van der Waals surface area contributed by atoms with Crippen LogP contribution in [0.5, 0.6) is 11.5 Å². The summed E-state index contributed by atoms with van der Waals surface area (Å²) in [6, 6.07) is 21.9. The Labute approximate surface area is 206 Å². The molecule has 0 spiro atoms. The smallest absolute Gasteiger partial charge is 0.255 e. The molecule has 182 valence electrons. The minimum atomic E-state index is -0.242. The van der Waals surface area contributed by atoms with Gasteiger partial charge in [-0.1, -0.05) is 19.1 Å². The molecule has 3 aromatic carbocycles. The molecule has 3 rings (SSSR count). The van der Waals surface area contributed by atoms with Crippen LogP contribution < -0.4 is 20.1 Å². The molecule has 7 heteroatoms. The van der Waals surface area contributed by atoms with Crippen LogP contribution in [0.25, 0.3) is 0 Å². The van der Waals surface area contributed by atoms with Gasteiger partial charge in [-0.2, -0.15) is 5.26 Å². The van der Waals surface area contributed by atoms with Crippen LogP contribution in [-0.4, -0.2) is 32.8 Å². The summed E-state index contributed by atoms with van der Waals surface area (Å²) in [5, 5.41) is 15.2. The van der Waals surface area contributed by atoms with Crippen molar-refractivity contribution < 1.29 is 19.0 Å². The zero-order valence-corrected chi connectivity index (χ0v) is 20.3. The number of hydrogen-bond donors (Lipinski definition) is 2. The van der Waals surface area contributed by atoms with Crippen molar-refractivity contribution in [1.29, 1.82) is 5.26 Å². The van der Waals surface area contributed by atoms with Crippen molar-refractivity contribution in [3.8, 4) is 17.6 Å². The summed E-state index contributed by atoms with van der Waals surface area (Å²) < 4.78 is 16.7. The van der Waals surface area contributed by atoms with Gasteiger partial charge in [0.15, 0.2) is 11.5 Å². The quantitative estimate of drug-likeness (QED) is 0.354. The molecule has 0 saturated heterocycles. The number of methoxy groups -OCH3 is 2. The lowest BCUT2D eigenvalue weighted by Gasteiger charge is -2.14. The molecule has 0 saturated carbocycles. The highest BCUT2D eigenvalue weighted by Gasteiger charge is 2.12. The van der Waals surface area contributed by atoms with Crippen molar-refractivity contribution in [3.05, 3.63) is 83.4 Å². The van der Waals surface area contributed by atoms with Gasteiger partial charge in [0.05, 0.1) is 24.8 Å². The molecule has 0 aliphatic heterocycles.